The van der Waals surface area contributed by atoms with Crippen LogP contribution in [0.1, 0.15) is 45.6 Å². The summed E-state index contributed by atoms with van der Waals surface area (Å²) in [6.45, 7) is 9.61. The summed E-state index contributed by atoms with van der Waals surface area (Å²) in [5.41, 5.74) is 1.22. The normalized spacial score (nSPS) is 12.6. The lowest BCUT2D eigenvalue weighted by molar-refractivity contribution is 0.657. The zero-order chi connectivity index (χ0) is 15.1. The Bertz CT molecular complexity index is 409. The molecule has 1 aromatic heterocycles. The molecular formula is C15H28N4S. The number of hydrogen-bond donors (Lipinski definition) is 1. The topological polar surface area (TPSA) is 41.1 Å². The highest BCUT2D eigenvalue weighted by Crippen LogP contribution is 2.31. The summed E-state index contributed by atoms with van der Waals surface area (Å²) in [5.74, 6) is 3.55. The number of aromatic nitrogens is 2. The first-order valence-corrected chi connectivity index (χ1v) is 8.76. The molecule has 0 amide bonds. The van der Waals surface area contributed by atoms with Crippen LogP contribution in [0.15, 0.2) is 6.33 Å². The Morgan fingerprint density at radius 3 is 2.50 bits per heavy atom. The van der Waals surface area contributed by atoms with Crippen LogP contribution in [0.2, 0.25) is 0 Å². The highest BCUT2D eigenvalue weighted by molar-refractivity contribution is 7.98. The van der Waals surface area contributed by atoms with Crippen LogP contribution in [0.25, 0.3) is 0 Å². The first kappa shape index (κ1) is 17.1. The van der Waals surface area contributed by atoms with Crippen molar-refractivity contribution in [3.63, 3.8) is 0 Å². The molecule has 1 N–H and O–H groups in total. The van der Waals surface area contributed by atoms with Crippen LogP contribution in [0, 0.1) is 0 Å². The van der Waals surface area contributed by atoms with Gasteiger partial charge in [0.05, 0.1) is 0 Å². The molecule has 1 rings (SSSR count). The first-order chi connectivity index (χ1) is 9.56. The molecule has 0 radical (unpaired) electrons. The van der Waals surface area contributed by atoms with Crippen LogP contribution in [-0.4, -0.2) is 41.6 Å². The molecule has 0 bridgehead atoms. The predicted molar refractivity (Wildman–Crippen MR) is 91.1 cm³/mol. The van der Waals surface area contributed by atoms with E-state index in [1.165, 1.54) is 5.56 Å². The smallest absolute Gasteiger partial charge is 0.137 e. The van der Waals surface area contributed by atoms with Gasteiger partial charge in [0.2, 0.25) is 0 Å². The Balaban J connectivity index is 3.18. The largest absolute Gasteiger partial charge is 0.370 e. The molecule has 4 nitrogen and oxygen atoms in total. The SMILES string of the molecule is CCNc1ncnc(N(C)C(CC)CSC)c1C(C)C. The van der Waals surface area contributed by atoms with Gasteiger partial charge < -0.3 is 10.2 Å². The number of nitrogens with one attached hydrogen (secondary N) is 1. The second-order valence-electron chi connectivity index (χ2n) is 5.27. The maximum absolute atomic E-state index is 4.56. The summed E-state index contributed by atoms with van der Waals surface area (Å²) in [7, 11) is 2.15. The maximum atomic E-state index is 4.56. The molecule has 0 fully saturated rings. The zero-order valence-electron chi connectivity index (χ0n) is 13.6. The van der Waals surface area contributed by atoms with E-state index in [4.69, 9.17) is 0 Å². The van der Waals surface area contributed by atoms with Crippen LogP contribution in [0.3, 0.4) is 0 Å². The van der Waals surface area contributed by atoms with Crippen LogP contribution < -0.4 is 10.2 Å². The maximum Gasteiger partial charge on any atom is 0.137 e. The average Bonchev–Trinajstić information content (AvgIpc) is 2.43. The minimum atomic E-state index is 0.398. The monoisotopic (exact) mass is 296 g/mol. The number of nitrogens with zero attached hydrogens (tertiary/aromatic N) is 3. The third kappa shape index (κ3) is 4.01. The molecule has 1 atom stereocenters. The number of rotatable bonds is 8. The second kappa shape index (κ2) is 8.35. The predicted octanol–water partition coefficient (Wildman–Crippen LogP) is 3.61. The molecule has 114 valence electrons. The van der Waals surface area contributed by atoms with Gasteiger partial charge in [0, 0.05) is 31.0 Å². The van der Waals surface area contributed by atoms with E-state index in [0.717, 1.165) is 30.4 Å². The van der Waals surface area contributed by atoms with E-state index in [2.05, 4.69) is 61.2 Å². The van der Waals surface area contributed by atoms with Gasteiger partial charge in [-0.1, -0.05) is 20.8 Å². The van der Waals surface area contributed by atoms with Crippen LogP contribution >= 0.6 is 11.8 Å². The van der Waals surface area contributed by atoms with Crippen molar-refractivity contribution in [2.45, 2.75) is 46.1 Å². The van der Waals surface area contributed by atoms with Crippen LogP contribution in [0.4, 0.5) is 11.6 Å². The first-order valence-electron chi connectivity index (χ1n) is 7.37. The van der Waals surface area contributed by atoms with E-state index in [9.17, 15) is 0 Å². The van der Waals surface area contributed by atoms with Gasteiger partial charge in [0.1, 0.15) is 18.0 Å². The molecule has 0 aliphatic rings. The molecular weight excluding hydrogens is 268 g/mol. The van der Waals surface area contributed by atoms with E-state index in [-0.39, 0.29) is 0 Å². The average molecular weight is 296 g/mol. The molecule has 20 heavy (non-hydrogen) atoms. The Morgan fingerprint density at radius 2 is 2.00 bits per heavy atom. The van der Waals surface area contributed by atoms with E-state index in [0.29, 0.717) is 12.0 Å². The van der Waals surface area contributed by atoms with Crippen molar-refractivity contribution in [2.75, 3.05) is 35.8 Å². The van der Waals surface area contributed by atoms with Gasteiger partial charge in [-0.25, -0.2) is 9.97 Å². The summed E-state index contributed by atoms with van der Waals surface area (Å²) in [4.78, 5) is 11.3. The van der Waals surface area contributed by atoms with Crippen molar-refractivity contribution in [1.82, 2.24) is 9.97 Å². The van der Waals surface area contributed by atoms with Gasteiger partial charge in [0.15, 0.2) is 0 Å². The number of anilines is 2. The van der Waals surface area contributed by atoms with Crippen LogP contribution in [0.5, 0.6) is 0 Å². The lowest BCUT2D eigenvalue weighted by Gasteiger charge is -2.31. The highest BCUT2D eigenvalue weighted by Gasteiger charge is 2.21. The van der Waals surface area contributed by atoms with E-state index in [1.807, 2.05) is 11.8 Å². The van der Waals surface area contributed by atoms with E-state index < -0.39 is 0 Å². The molecule has 5 heteroatoms. The molecule has 1 aromatic rings. The molecule has 0 aliphatic carbocycles. The fourth-order valence-corrected chi connectivity index (χ4v) is 3.22. The molecule has 1 heterocycles. The molecule has 0 aromatic carbocycles. The minimum Gasteiger partial charge on any atom is -0.370 e. The van der Waals surface area contributed by atoms with Crippen LogP contribution in [-0.2, 0) is 0 Å². The van der Waals surface area contributed by atoms with Crippen molar-refractivity contribution < 1.29 is 0 Å². The zero-order valence-corrected chi connectivity index (χ0v) is 14.4. The van der Waals surface area contributed by atoms with Gasteiger partial charge in [-0.3, -0.25) is 0 Å². The van der Waals surface area contributed by atoms with Crippen molar-refractivity contribution in [3.8, 4) is 0 Å². The summed E-state index contributed by atoms with van der Waals surface area (Å²) in [5, 5.41) is 3.36. The Hall–Kier alpha value is -0.970. The summed E-state index contributed by atoms with van der Waals surface area (Å²) >= 11 is 1.89. The number of hydrogen-bond acceptors (Lipinski definition) is 5. The highest BCUT2D eigenvalue weighted by atomic mass is 32.2. The fraction of sp³-hybridized carbons (Fsp3) is 0.733. The van der Waals surface area contributed by atoms with Crippen molar-refractivity contribution in [1.29, 1.82) is 0 Å². The van der Waals surface area contributed by atoms with Gasteiger partial charge in [-0.2, -0.15) is 11.8 Å². The molecule has 0 saturated carbocycles. The van der Waals surface area contributed by atoms with Gasteiger partial charge in [-0.05, 0) is 25.5 Å². The Labute approximate surface area is 127 Å². The number of thioether (sulfide) groups is 1. The lowest BCUT2D eigenvalue weighted by Crippen LogP contribution is -2.35. The standard InChI is InChI=1S/C15H28N4S/c1-7-12(9-20-6)19(5)15-13(11(3)4)14(16-8-2)17-10-18-15/h10-12H,7-9H2,1-6H3,(H,16,17,18). The third-order valence-electron chi connectivity index (χ3n) is 3.50. The molecule has 0 aliphatic heterocycles. The Morgan fingerprint density at radius 1 is 1.30 bits per heavy atom. The minimum absolute atomic E-state index is 0.398. The van der Waals surface area contributed by atoms with Crippen molar-refractivity contribution in [2.24, 2.45) is 0 Å². The molecule has 0 spiro atoms. The molecule has 0 saturated heterocycles. The second-order valence-corrected chi connectivity index (χ2v) is 6.18. The quantitative estimate of drug-likeness (QED) is 0.793. The van der Waals surface area contributed by atoms with Gasteiger partial charge in [-0.15, -0.1) is 0 Å². The van der Waals surface area contributed by atoms with Crippen molar-refractivity contribution >= 4 is 23.4 Å². The fourth-order valence-electron chi connectivity index (χ4n) is 2.38. The summed E-state index contributed by atoms with van der Waals surface area (Å²) in [6, 6.07) is 0.506. The van der Waals surface area contributed by atoms with Gasteiger partial charge >= 0.3 is 0 Å². The summed E-state index contributed by atoms with van der Waals surface area (Å²) in [6.07, 6.45) is 4.95. The molecule has 1 unspecified atom stereocenters. The third-order valence-corrected chi connectivity index (χ3v) is 4.21. The van der Waals surface area contributed by atoms with E-state index >= 15 is 0 Å². The van der Waals surface area contributed by atoms with Gasteiger partial charge in [0.25, 0.3) is 0 Å². The summed E-state index contributed by atoms with van der Waals surface area (Å²) < 4.78 is 0. The lowest BCUT2D eigenvalue weighted by atomic mass is 10.0. The Kier molecular flexibility index (Phi) is 7.13. The van der Waals surface area contributed by atoms with E-state index in [1.54, 1.807) is 6.33 Å². The van der Waals surface area contributed by atoms with Crippen molar-refractivity contribution in [3.05, 3.63) is 11.9 Å².